The summed E-state index contributed by atoms with van der Waals surface area (Å²) >= 11 is 7.53. The Kier molecular flexibility index (Phi) is 3.04. The highest BCUT2D eigenvalue weighted by atomic mass is 35.5. The Morgan fingerprint density at radius 3 is 2.75 bits per heavy atom. The lowest BCUT2D eigenvalue weighted by atomic mass is 10.1. The molecule has 0 aliphatic rings. The average Bonchev–Trinajstić information content (AvgIpc) is 2.83. The van der Waals surface area contributed by atoms with E-state index in [1.807, 2.05) is 12.1 Å². The molecule has 0 saturated heterocycles. The zero-order chi connectivity index (χ0) is 14.3. The van der Waals surface area contributed by atoms with Gasteiger partial charge in [-0.15, -0.1) is 11.3 Å². The normalized spacial score (nSPS) is 10.8. The zero-order valence-electron chi connectivity index (χ0n) is 10.0. The maximum atomic E-state index is 10.7. The minimum Gasteiger partial charge on any atom is -0.398 e. The molecular formula is C13H8ClN3O2S. The van der Waals surface area contributed by atoms with Gasteiger partial charge in [-0.1, -0.05) is 17.7 Å². The number of benzene rings is 2. The number of non-ortho nitro benzene ring substituents is 1. The van der Waals surface area contributed by atoms with Crippen LogP contribution in [0, 0.1) is 10.1 Å². The molecule has 1 heterocycles. The van der Waals surface area contributed by atoms with Gasteiger partial charge in [0.1, 0.15) is 5.01 Å². The lowest BCUT2D eigenvalue weighted by Gasteiger charge is -2.01. The smallest absolute Gasteiger partial charge is 0.271 e. The van der Waals surface area contributed by atoms with Gasteiger partial charge in [-0.25, -0.2) is 4.98 Å². The molecule has 3 aromatic rings. The molecule has 7 heteroatoms. The summed E-state index contributed by atoms with van der Waals surface area (Å²) in [5, 5.41) is 12.0. The highest BCUT2D eigenvalue weighted by Crippen LogP contribution is 2.37. The summed E-state index contributed by atoms with van der Waals surface area (Å²) in [7, 11) is 0. The number of anilines is 1. The molecule has 0 bridgehead atoms. The Balaban J connectivity index is 2.16. The Morgan fingerprint density at radius 1 is 1.30 bits per heavy atom. The van der Waals surface area contributed by atoms with Gasteiger partial charge >= 0.3 is 0 Å². The molecule has 0 amide bonds. The van der Waals surface area contributed by atoms with E-state index in [2.05, 4.69) is 4.98 Å². The lowest BCUT2D eigenvalue weighted by molar-refractivity contribution is -0.384. The van der Waals surface area contributed by atoms with Crippen molar-refractivity contribution in [2.24, 2.45) is 0 Å². The van der Waals surface area contributed by atoms with E-state index in [0.717, 1.165) is 10.2 Å². The van der Waals surface area contributed by atoms with Crippen molar-refractivity contribution in [1.82, 2.24) is 4.98 Å². The largest absolute Gasteiger partial charge is 0.398 e. The third-order valence-electron chi connectivity index (χ3n) is 2.84. The number of aromatic nitrogens is 1. The minimum atomic E-state index is -0.477. The number of thiazole rings is 1. The molecule has 0 aliphatic heterocycles. The minimum absolute atomic E-state index is 0.0367. The molecule has 0 saturated carbocycles. The summed E-state index contributed by atoms with van der Waals surface area (Å²) in [6, 6.07) is 9.85. The third kappa shape index (κ3) is 2.09. The van der Waals surface area contributed by atoms with Crippen LogP contribution in [0.25, 0.3) is 20.8 Å². The number of fused-ring (bicyclic) bond motifs is 1. The van der Waals surface area contributed by atoms with Crippen LogP contribution in [0.15, 0.2) is 36.4 Å². The van der Waals surface area contributed by atoms with Crippen molar-refractivity contribution in [1.29, 1.82) is 0 Å². The summed E-state index contributed by atoms with van der Waals surface area (Å²) in [5.74, 6) is 0. The van der Waals surface area contributed by atoms with Crippen LogP contribution in [0.5, 0.6) is 0 Å². The van der Waals surface area contributed by atoms with Crippen LogP contribution in [0.2, 0.25) is 5.02 Å². The Bertz CT molecular complexity index is 832. The molecule has 2 N–H and O–H groups in total. The first kappa shape index (κ1) is 12.8. The number of hydrogen-bond acceptors (Lipinski definition) is 5. The number of hydrogen-bond donors (Lipinski definition) is 1. The molecular weight excluding hydrogens is 298 g/mol. The van der Waals surface area contributed by atoms with Gasteiger partial charge in [0.15, 0.2) is 0 Å². The van der Waals surface area contributed by atoms with Crippen LogP contribution in [0.3, 0.4) is 0 Å². The molecule has 3 rings (SSSR count). The Hall–Kier alpha value is -2.18. The molecule has 0 aliphatic carbocycles. The van der Waals surface area contributed by atoms with E-state index in [0.29, 0.717) is 21.3 Å². The quantitative estimate of drug-likeness (QED) is 0.439. The highest BCUT2D eigenvalue weighted by Gasteiger charge is 2.14. The molecule has 5 nitrogen and oxygen atoms in total. The first-order valence-electron chi connectivity index (χ1n) is 5.65. The maximum Gasteiger partial charge on any atom is 0.271 e. The second kappa shape index (κ2) is 4.73. The third-order valence-corrected chi connectivity index (χ3v) is 4.41. The first-order chi connectivity index (χ1) is 9.56. The SMILES string of the molecule is Nc1cc([N+](=O)[O-])ccc1-c1nc2cccc(Cl)c2s1. The maximum absolute atomic E-state index is 10.7. The van der Waals surface area contributed by atoms with Crippen LogP contribution in [-0.4, -0.2) is 9.91 Å². The van der Waals surface area contributed by atoms with E-state index in [1.165, 1.54) is 23.5 Å². The summed E-state index contributed by atoms with van der Waals surface area (Å²) in [5.41, 5.74) is 7.63. The van der Waals surface area contributed by atoms with E-state index in [4.69, 9.17) is 17.3 Å². The second-order valence-electron chi connectivity index (χ2n) is 4.14. The standard InChI is InChI=1S/C13H8ClN3O2S/c14-9-2-1-3-11-12(9)20-13(16-11)8-5-4-7(17(18)19)6-10(8)15/h1-6H,15H2. The van der Waals surface area contributed by atoms with E-state index < -0.39 is 4.92 Å². The van der Waals surface area contributed by atoms with Gasteiger partial charge in [-0.2, -0.15) is 0 Å². The van der Waals surface area contributed by atoms with Gasteiger partial charge in [0.25, 0.3) is 5.69 Å². The highest BCUT2D eigenvalue weighted by molar-refractivity contribution is 7.22. The van der Waals surface area contributed by atoms with E-state index in [-0.39, 0.29) is 5.69 Å². The Labute approximate surface area is 122 Å². The molecule has 100 valence electrons. The fourth-order valence-electron chi connectivity index (χ4n) is 1.89. The molecule has 1 aromatic heterocycles. The van der Waals surface area contributed by atoms with E-state index in [1.54, 1.807) is 12.1 Å². The van der Waals surface area contributed by atoms with Crippen molar-refractivity contribution in [2.75, 3.05) is 5.73 Å². The fourth-order valence-corrected chi connectivity index (χ4v) is 3.19. The zero-order valence-corrected chi connectivity index (χ0v) is 11.6. The van der Waals surface area contributed by atoms with E-state index in [9.17, 15) is 10.1 Å². The van der Waals surface area contributed by atoms with Crippen molar-refractivity contribution in [2.45, 2.75) is 0 Å². The van der Waals surface area contributed by atoms with Crippen LogP contribution in [-0.2, 0) is 0 Å². The van der Waals surface area contributed by atoms with Crippen LogP contribution in [0.1, 0.15) is 0 Å². The molecule has 0 unspecified atom stereocenters. The predicted octanol–water partition coefficient (Wildman–Crippen LogP) is 4.11. The topological polar surface area (TPSA) is 82.0 Å². The number of nitrogens with two attached hydrogens (primary N) is 1. The van der Waals surface area contributed by atoms with Gasteiger partial charge in [-0.3, -0.25) is 10.1 Å². The molecule has 2 aromatic carbocycles. The summed E-state index contributed by atoms with van der Waals surface area (Å²) < 4.78 is 0.877. The molecule has 0 fully saturated rings. The van der Waals surface area contributed by atoms with Crippen LogP contribution in [0.4, 0.5) is 11.4 Å². The van der Waals surface area contributed by atoms with Crippen LogP contribution >= 0.6 is 22.9 Å². The average molecular weight is 306 g/mol. The van der Waals surface area contributed by atoms with Crippen molar-refractivity contribution >= 4 is 44.5 Å². The number of nitrogen functional groups attached to an aromatic ring is 1. The van der Waals surface area contributed by atoms with Crippen molar-refractivity contribution in [3.05, 3.63) is 51.5 Å². The number of rotatable bonds is 2. The number of nitrogens with zero attached hydrogens (tertiary/aromatic N) is 2. The lowest BCUT2D eigenvalue weighted by Crippen LogP contribution is -1.93. The predicted molar refractivity (Wildman–Crippen MR) is 81.1 cm³/mol. The molecule has 20 heavy (non-hydrogen) atoms. The Morgan fingerprint density at radius 2 is 2.10 bits per heavy atom. The first-order valence-corrected chi connectivity index (χ1v) is 6.85. The molecule has 0 spiro atoms. The van der Waals surface area contributed by atoms with E-state index >= 15 is 0 Å². The second-order valence-corrected chi connectivity index (χ2v) is 5.54. The van der Waals surface area contributed by atoms with Crippen molar-refractivity contribution in [3.8, 4) is 10.6 Å². The fraction of sp³-hybridized carbons (Fsp3) is 0. The molecule has 0 atom stereocenters. The summed E-state index contributed by atoms with van der Waals surface area (Å²) in [6.07, 6.45) is 0. The van der Waals surface area contributed by atoms with Crippen molar-refractivity contribution < 1.29 is 4.92 Å². The number of halogens is 1. The van der Waals surface area contributed by atoms with Gasteiger partial charge in [0.05, 0.1) is 20.2 Å². The van der Waals surface area contributed by atoms with Crippen molar-refractivity contribution in [3.63, 3.8) is 0 Å². The number of nitro groups is 1. The molecule has 0 radical (unpaired) electrons. The van der Waals surface area contributed by atoms with Gasteiger partial charge in [-0.05, 0) is 18.2 Å². The summed E-state index contributed by atoms with van der Waals surface area (Å²) in [4.78, 5) is 14.7. The van der Waals surface area contributed by atoms with Gasteiger partial charge in [0, 0.05) is 23.4 Å². The van der Waals surface area contributed by atoms with Crippen LogP contribution < -0.4 is 5.73 Å². The van der Waals surface area contributed by atoms with Gasteiger partial charge in [0.2, 0.25) is 0 Å². The number of nitro benzene ring substituents is 1. The van der Waals surface area contributed by atoms with Gasteiger partial charge < -0.3 is 5.73 Å². The monoisotopic (exact) mass is 305 g/mol. The summed E-state index contributed by atoms with van der Waals surface area (Å²) in [6.45, 7) is 0.